The minimum absolute atomic E-state index is 0.0887. The number of benzene rings is 1. The number of rotatable bonds is 8. The molecular weight excluding hydrogens is 402 g/mol. The maximum absolute atomic E-state index is 12.5. The summed E-state index contributed by atoms with van der Waals surface area (Å²) < 4.78 is 1.69. The molecule has 4 rings (SSSR count). The molecule has 32 heavy (non-hydrogen) atoms. The molecule has 3 aromatic heterocycles. The number of pyridine rings is 1. The lowest BCUT2D eigenvalue weighted by atomic mass is 10.1. The monoisotopic (exact) mass is 429 g/mol. The first kappa shape index (κ1) is 21.4. The third kappa shape index (κ3) is 4.74. The van der Waals surface area contributed by atoms with Crippen LogP contribution >= 0.6 is 0 Å². The molecule has 0 aliphatic heterocycles. The van der Waals surface area contributed by atoms with Crippen molar-refractivity contribution in [2.24, 2.45) is 0 Å². The summed E-state index contributed by atoms with van der Waals surface area (Å²) in [5, 5.41) is 11.1. The first-order valence-corrected chi connectivity index (χ1v) is 10.9. The maximum Gasteiger partial charge on any atom is 0.254 e. The van der Waals surface area contributed by atoms with Crippen LogP contribution < -0.4 is 10.6 Å². The van der Waals surface area contributed by atoms with Gasteiger partial charge in [-0.25, -0.2) is 4.98 Å². The van der Waals surface area contributed by atoms with E-state index in [0.717, 1.165) is 42.0 Å². The molecule has 0 radical (unpaired) electrons. The SMILES string of the molecule is CCCc1cc(Nc2cccc(C(=O)N[C@H](C)CC)c2)n2nc(-c3cccnc3)nc2n1. The summed E-state index contributed by atoms with van der Waals surface area (Å²) in [6.45, 7) is 6.15. The van der Waals surface area contributed by atoms with Crippen molar-refractivity contribution < 1.29 is 4.79 Å². The Morgan fingerprint density at radius 2 is 2.00 bits per heavy atom. The van der Waals surface area contributed by atoms with Crippen molar-refractivity contribution >= 4 is 23.2 Å². The number of amides is 1. The van der Waals surface area contributed by atoms with Gasteiger partial charge < -0.3 is 10.6 Å². The van der Waals surface area contributed by atoms with Crippen molar-refractivity contribution in [3.63, 3.8) is 0 Å². The van der Waals surface area contributed by atoms with Gasteiger partial charge >= 0.3 is 0 Å². The predicted octanol–water partition coefficient (Wildman–Crippen LogP) is 4.41. The molecule has 0 saturated heterocycles. The lowest BCUT2D eigenvalue weighted by Gasteiger charge is -2.13. The molecule has 164 valence electrons. The first-order valence-electron chi connectivity index (χ1n) is 10.9. The highest BCUT2D eigenvalue weighted by Gasteiger charge is 2.14. The van der Waals surface area contributed by atoms with Crippen LogP contribution in [0.2, 0.25) is 0 Å². The van der Waals surface area contributed by atoms with Gasteiger partial charge in [-0.3, -0.25) is 9.78 Å². The fraction of sp³-hybridized carbons (Fsp3) is 0.292. The van der Waals surface area contributed by atoms with Crippen molar-refractivity contribution in [1.29, 1.82) is 0 Å². The zero-order valence-corrected chi connectivity index (χ0v) is 18.5. The van der Waals surface area contributed by atoms with Gasteiger partial charge in [0.05, 0.1) is 0 Å². The van der Waals surface area contributed by atoms with E-state index in [1.807, 2.05) is 56.3 Å². The average molecular weight is 430 g/mol. The molecule has 8 heteroatoms. The Hall–Kier alpha value is -3.81. The molecule has 0 saturated carbocycles. The largest absolute Gasteiger partial charge is 0.350 e. The molecule has 0 aliphatic rings. The molecule has 0 aliphatic carbocycles. The van der Waals surface area contributed by atoms with Crippen LogP contribution in [0.1, 0.15) is 49.7 Å². The molecule has 0 bridgehead atoms. The number of nitrogens with one attached hydrogen (secondary N) is 2. The molecule has 1 atom stereocenters. The number of fused-ring (bicyclic) bond motifs is 1. The summed E-state index contributed by atoms with van der Waals surface area (Å²) in [6, 6.07) is 13.3. The van der Waals surface area contributed by atoms with Crippen molar-refractivity contribution in [2.75, 3.05) is 5.32 Å². The number of carbonyl (C=O) groups excluding carboxylic acids is 1. The van der Waals surface area contributed by atoms with Gasteiger partial charge in [-0.15, -0.1) is 5.10 Å². The number of hydrogen-bond acceptors (Lipinski definition) is 6. The van der Waals surface area contributed by atoms with E-state index in [1.165, 1.54) is 0 Å². The molecule has 1 amide bonds. The number of anilines is 2. The minimum atomic E-state index is -0.0887. The van der Waals surface area contributed by atoms with Crippen LogP contribution in [0.4, 0.5) is 11.5 Å². The Morgan fingerprint density at radius 1 is 1.12 bits per heavy atom. The second kappa shape index (κ2) is 9.55. The Labute approximate surface area is 187 Å². The molecule has 4 aromatic rings. The number of aromatic nitrogens is 5. The van der Waals surface area contributed by atoms with E-state index in [1.54, 1.807) is 16.9 Å². The van der Waals surface area contributed by atoms with E-state index in [2.05, 4.69) is 37.6 Å². The van der Waals surface area contributed by atoms with E-state index < -0.39 is 0 Å². The molecule has 3 heterocycles. The molecule has 8 nitrogen and oxygen atoms in total. The highest BCUT2D eigenvalue weighted by atomic mass is 16.1. The van der Waals surface area contributed by atoms with Gasteiger partial charge in [0.2, 0.25) is 0 Å². The van der Waals surface area contributed by atoms with Gasteiger partial charge in [0.25, 0.3) is 11.7 Å². The Balaban J connectivity index is 1.70. The first-order chi connectivity index (χ1) is 15.6. The van der Waals surface area contributed by atoms with Gasteiger partial charge in [0, 0.05) is 47.0 Å². The quantitative estimate of drug-likeness (QED) is 0.431. The summed E-state index contributed by atoms with van der Waals surface area (Å²) in [4.78, 5) is 26.0. The lowest BCUT2D eigenvalue weighted by molar-refractivity contribution is 0.0939. The minimum Gasteiger partial charge on any atom is -0.350 e. The van der Waals surface area contributed by atoms with Crippen molar-refractivity contribution in [1.82, 2.24) is 29.9 Å². The summed E-state index contributed by atoms with van der Waals surface area (Å²) in [7, 11) is 0. The third-order valence-corrected chi connectivity index (χ3v) is 5.18. The van der Waals surface area contributed by atoms with Crippen LogP contribution in [0.25, 0.3) is 17.2 Å². The summed E-state index contributed by atoms with van der Waals surface area (Å²) in [5.41, 5.74) is 3.14. The van der Waals surface area contributed by atoms with Crippen LogP contribution in [0.15, 0.2) is 54.9 Å². The fourth-order valence-corrected chi connectivity index (χ4v) is 3.30. The summed E-state index contributed by atoms with van der Waals surface area (Å²) >= 11 is 0. The predicted molar refractivity (Wildman–Crippen MR) is 125 cm³/mol. The van der Waals surface area contributed by atoms with Gasteiger partial charge in [-0.2, -0.15) is 9.50 Å². The third-order valence-electron chi connectivity index (χ3n) is 5.18. The Bertz CT molecular complexity index is 1220. The van der Waals surface area contributed by atoms with Crippen LogP contribution in [0.3, 0.4) is 0 Å². The van der Waals surface area contributed by atoms with Gasteiger partial charge in [0.1, 0.15) is 5.82 Å². The van der Waals surface area contributed by atoms with E-state index in [4.69, 9.17) is 0 Å². The molecular formula is C24H27N7O. The Kier molecular flexibility index (Phi) is 6.39. The molecule has 0 unspecified atom stereocenters. The lowest BCUT2D eigenvalue weighted by Crippen LogP contribution is -2.31. The topological polar surface area (TPSA) is 97.1 Å². The van der Waals surface area contributed by atoms with Crippen LogP contribution in [0.5, 0.6) is 0 Å². The maximum atomic E-state index is 12.5. The second-order valence-electron chi connectivity index (χ2n) is 7.76. The molecule has 0 fully saturated rings. The van der Waals surface area contributed by atoms with Crippen LogP contribution in [-0.4, -0.2) is 36.5 Å². The normalized spacial score (nSPS) is 12.0. The molecule has 1 aromatic carbocycles. The second-order valence-corrected chi connectivity index (χ2v) is 7.76. The Morgan fingerprint density at radius 3 is 2.75 bits per heavy atom. The zero-order valence-electron chi connectivity index (χ0n) is 18.5. The van der Waals surface area contributed by atoms with E-state index in [-0.39, 0.29) is 11.9 Å². The standard InChI is InChI=1S/C24H27N7O/c1-4-8-19-14-21(27-20-11-6-9-17(13-20)23(32)26-16(3)5-2)31-24(28-19)29-22(30-31)18-10-7-12-25-15-18/h6-7,9-16,27H,4-5,8H2,1-3H3,(H,26,32)/t16-/m1/s1. The van der Waals surface area contributed by atoms with Crippen molar-refractivity contribution in [3.05, 3.63) is 66.1 Å². The number of aryl methyl sites for hydroxylation is 1. The number of hydrogen-bond donors (Lipinski definition) is 2. The number of carbonyl (C=O) groups is 1. The molecule has 2 N–H and O–H groups in total. The summed E-state index contributed by atoms with van der Waals surface area (Å²) in [5.74, 6) is 1.72. The average Bonchev–Trinajstić information content (AvgIpc) is 3.24. The van der Waals surface area contributed by atoms with Crippen LogP contribution in [-0.2, 0) is 6.42 Å². The highest BCUT2D eigenvalue weighted by Crippen LogP contribution is 2.22. The van der Waals surface area contributed by atoms with Gasteiger partial charge in [-0.1, -0.05) is 26.3 Å². The van der Waals surface area contributed by atoms with Crippen molar-refractivity contribution in [2.45, 2.75) is 46.1 Å². The molecule has 0 spiro atoms. The van der Waals surface area contributed by atoms with E-state index in [9.17, 15) is 4.79 Å². The fourth-order valence-electron chi connectivity index (χ4n) is 3.30. The highest BCUT2D eigenvalue weighted by molar-refractivity contribution is 5.95. The smallest absolute Gasteiger partial charge is 0.254 e. The van der Waals surface area contributed by atoms with E-state index >= 15 is 0 Å². The van der Waals surface area contributed by atoms with Crippen molar-refractivity contribution in [3.8, 4) is 11.4 Å². The van der Waals surface area contributed by atoms with Gasteiger partial charge in [0.15, 0.2) is 5.82 Å². The number of nitrogens with zero attached hydrogens (tertiary/aromatic N) is 5. The summed E-state index contributed by atoms with van der Waals surface area (Å²) in [6.07, 6.45) is 6.13. The zero-order chi connectivity index (χ0) is 22.5. The van der Waals surface area contributed by atoms with Gasteiger partial charge in [-0.05, 0) is 50.1 Å². The van der Waals surface area contributed by atoms with Crippen LogP contribution in [0, 0.1) is 0 Å². The van der Waals surface area contributed by atoms with E-state index in [0.29, 0.717) is 17.2 Å².